The summed E-state index contributed by atoms with van der Waals surface area (Å²) in [6, 6.07) is -0.105. The van der Waals surface area contributed by atoms with Crippen LogP contribution in [0.15, 0.2) is 12.2 Å². The monoisotopic (exact) mass is 603 g/mol. The van der Waals surface area contributed by atoms with Gasteiger partial charge in [0.25, 0.3) is 0 Å². The molecule has 1 heterocycles. The second kappa shape index (κ2) is 24.2. The molecule has 0 bridgehead atoms. The summed E-state index contributed by atoms with van der Waals surface area (Å²) in [7, 11) is 0.599. The van der Waals surface area contributed by atoms with Crippen molar-refractivity contribution in [3.8, 4) is 0 Å². The zero-order chi connectivity index (χ0) is 29.5. The van der Waals surface area contributed by atoms with Crippen molar-refractivity contribution in [2.75, 3.05) is 27.4 Å². The molecule has 2 unspecified atom stereocenters. The number of ether oxygens (including phenoxy) is 2. The minimum atomic E-state index is -4.11. The van der Waals surface area contributed by atoms with Crippen molar-refractivity contribution in [2.24, 2.45) is 5.92 Å². The first kappa shape index (κ1) is 37.8. The smallest absolute Gasteiger partial charge is 0.382 e. The molecule has 7 nitrogen and oxygen atoms in total. The lowest BCUT2D eigenvalue weighted by atomic mass is 9.82. The summed E-state index contributed by atoms with van der Waals surface area (Å²) in [5, 5.41) is 3.42. The summed E-state index contributed by atoms with van der Waals surface area (Å²) in [5.41, 5.74) is 0. The maximum Gasteiger partial charge on any atom is 0.472 e. The molecule has 40 heavy (non-hydrogen) atoms. The van der Waals surface area contributed by atoms with E-state index in [-0.39, 0.29) is 11.9 Å². The SMILES string of the molecule is B[C@@H]1O[C@H](COC)C(OP(=O)(O)OC)[C@@H]1C/C=C/CCCCNC(=S)CCCCCCCCCCCCCCC. The van der Waals surface area contributed by atoms with Crippen LogP contribution in [0.1, 0.15) is 122 Å². The fourth-order valence-corrected chi connectivity index (χ4v) is 6.27. The molecule has 0 aromatic rings. The van der Waals surface area contributed by atoms with E-state index in [4.69, 9.17) is 26.2 Å². The molecule has 0 spiro atoms. The van der Waals surface area contributed by atoms with Crippen LogP contribution in [0.5, 0.6) is 0 Å². The zero-order valence-electron chi connectivity index (χ0n) is 26.0. The molecule has 2 N–H and O–H groups in total. The van der Waals surface area contributed by atoms with E-state index in [1.807, 2.05) is 7.85 Å². The maximum absolute atomic E-state index is 12.0. The molecule has 1 rings (SSSR count). The van der Waals surface area contributed by atoms with Crippen molar-refractivity contribution < 1.29 is 28.0 Å². The molecule has 1 fully saturated rings. The average Bonchev–Trinajstić information content (AvgIpc) is 3.21. The number of rotatable bonds is 26. The third kappa shape index (κ3) is 18.3. The highest BCUT2D eigenvalue weighted by molar-refractivity contribution is 7.80. The summed E-state index contributed by atoms with van der Waals surface area (Å²) in [6.45, 7) is 3.50. The van der Waals surface area contributed by atoms with Crippen LogP contribution in [-0.4, -0.2) is 63.3 Å². The van der Waals surface area contributed by atoms with Crippen molar-refractivity contribution in [3.05, 3.63) is 12.2 Å². The van der Waals surface area contributed by atoms with E-state index in [9.17, 15) is 9.46 Å². The van der Waals surface area contributed by atoms with Gasteiger partial charge in [-0.1, -0.05) is 108 Å². The molecule has 0 aromatic carbocycles. The van der Waals surface area contributed by atoms with E-state index in [1.165, 1.54) is 90.6 Å². The van der Waals surface area contributed by atoms with Gasteiger partial charge in [-0.05, 0) is 38.5 Å². The van der Waals surface area contributed by atoms with E-state index in [1.54, 1.807) is 7.11 Å². The quantitative estimate of drug-likeness (QED) is 0.0352. The number of phosphoric ester groups is 1. The van der Waals surface area contributed by atoms with E-state index >= 15 is 0 Å². The van der Waals surface area contributed by atoms with Gasteiger partial charge in [-0.25, -0.2) is 4.57 Å². The summed E-state index contributed by atoms with van der Waals surface area (Å²) in [4.78, 5) is 10.8. The molecule has 234 valence electrons. The number of hydrogen-bond acceptors (Lipinski definition) is 6. The van der Waals surface area contributed by atoms with Crippen LogP contribution in [0.3, 0.4) is 0 Å². The molecule has 0 radical (unpaired) electrons. The number of phosphoric acid groups is 1. The van der Waals surface area contributed by atoms with Gasteiger partial charge in [0.2, 0.25) is 0 Å². The third-order valence-corrected chi connectivity index (χ3v) is 9.12. The summed E-state index contributed by atoms with van der Waals surface area (Å²) in [5.74, 6) is -0.0452. The molecule has 1 aliphatic rings. The van der Waals surface area contributed by atoms with Gasteiger partial charge in [-0.15, -0.1) is 0 Å². The van der Waals surface area contributed by atoms with Crippen molar-refractivity contribution >= 4 is 32.9 Å². The van der Waals surface area contributed by atoms with Gasteiger partial charge < -0.3 is 19.7 Å². The van der Waals surface area contributed by atoms with Crippen molar-refractivity contribution in [1.29, 1.82) is 0 Å². The fraction of sp³-hybridized carbons (Fsp3) is 0.900. The third-order valence-electron chi connectivity index (χ3n) is 7.80. The molecule has 1 saturated heterocycles. The lowest BCUT2D eigenvalue weighted by molar-refractivity contribution is -0.0192. The van der Waals surface area contributed by atoms with Gasteiger partial charge in [-0.3, -0.25) is 9.05 Å². The Kier molecular flexibility index (Phi) is 22.8. The Morgan fingerprint density at radius 1 is 0.950 bits per heavy atom. The van der Waals surface area contributed by atoms with Gasteiger partial charge in [0.05, 0.1) is 11.6 Å². The number of allylic oxidation sites excluding steroid dienone is 2. The van der Waals surface area contributed by atoms with Crippen molar-refractivity contribution in [2.45, 2.75) is 141 Å². The highest BCUT2D eigenvalue weighted by Crippen LogP contribution is 2.48. The Morgan fingerprint density at radius 2 is 1.55 bits per heavy atom. The molecule has 0 aliphatic carbocycles. The largest absolute Gasteiger partial charge is 0.472 e. The van der Waals surface area contributed by atoms with E-state index in [0.29, 0.717) is 13.0 Å². The normalized spacial score (nSPS) is 22.6. The molecule has 0 aromatic heterocycles. The van der Waals surface area contributed by atoms with Crippen LogP contribution >= 0.6 is 20.0 Å². The first-order chi connectivity index (χ1) is 19.3. The van der Waals surface area contributed by atoms with Crippen LogP contribution in [0, 0.1) is 5.92 Å². The zero-order valence-corrected chi connectivity index (χ0v) is 27.7. The molecular weight excluding hydrogens is 544 g/mol. The molecule has 0 amide bonds. The highest BCUT2D eigenvalue weighted by atomic mass is 32.1. The number of unbranched alkanes of at least 4 members (excludes halogenated alkanes) is 14. The Labute approximate surface area is 251 Å². The lowest BCUT2D eigenvalue weighted by Crippen LogP contribution is -2.32. The van der Waals surface area contributed by atoms with E-state index in [0.717, 1.165) is 37.2 Å². The number of nitrogens with one attached hydrogen (secondary N) is 1. The van der Waals surface area contributed by atoms with Crippen molar-refractivity contribution in [1.82, 2.24) is 5.32 Å². The number of thiocarbonyl (C=S) groups is 1. The molecule has 10 heteroatoms. The van der Waals surface area contributed by atoms with Crippen LogP contribution < -0.4 is 5.32 Å². The van der Waals surface area contributed by atoms with Crippen LogP contribution in [0.4, 0.5) is 0 Å². The first-order valence-corrected chi connectivity index (χ1v) is 17.9. The van der Waals surface area contributed by atoms with Gasteiger partial charge in [0, 0.05) is 32.7 Å². The molecule has 0 saturated carbocycles. The predicted octanol–water partition coefficient (Wildman–Crippen LogP) is 7.25. The Hall–Kier alpha value is -0.275. The second-order valence-electron chi connectivity index (χ2n) is 11.3. The second-order valence-corrected chi connectivity index (χ2v) is 13.3. The fourth-order valence-electron chi connectivity index (χ4n) is 5.34. The van der Waals surface area contributed by atoms with Gasteiger partial charge in [0.1, 0.15) is 20.1 Å². The first-order valence-electron chi connectivity index (χ1n) is 16.0. The Bertz CT molecular complexity index is 716. The van der Waals surface area contributed by atoms with Crippen LogP contribution in [0.2, 0.25) is 0 Å². The average molecular weight is 604 g/mol. The van der Waals surface area contributed by atoms with Crippen molar-refractivity contribution in [3.63, 3.8) is 0 Å². The summed E-state index contributed by atoms with van der Waals surface area (Å²) < 4.78 is 33.2. The van der Waals surface area contributed by atoms with Gasteiger partial charge in [0.15, 0.2) is 0 Å². The number of hydrogen-bond donors (Lipinski definition) is 2. The standard InChI is InChI=1S/C30H59BNO6PS/c1-4-5-6-7-8-9-10-11-12-13-14-17-20-23-28(40)32-24-21-18-15-16-19-22-26-29(38-39(33,34)36-3)27(25-35-2)37-30(26)31/h16,19,26-27,29-30H,4-15,17-18,20-25,31H2,1-3H3,(H,32,40)(H,33,34)/b19-16+/t26-,27+,29?,30+/m0/s1. The van der Waals surface area contributed by atoms with E-state index in [2.05, 4.69) is 28.9 Å². The predicted molar refractivity (Wildman–Crippen MR) is 173 cm³/mol. The van der Waals surface area contributed by atoms with E-state index < -0.39 is 20.0 Å². The molecule has 1 aliphatic heterocycles. The van der Waals surface area contributed by atoms with Crippen LogP contribution in [0.25, 0.3) is 0 Å². The molecule has 5 atom stereocenters. The Morgan fingerprint density at radius 3 is 2.12 bits per heavy atom. The minimum Gasteiger partial charge on any atom is -0.382 e. The highest BCUT2D eigenvalue weighted by Gasteiger charge is 2.45. The maximum atomic E-state index is 12.0. The number of methoxy groups -OCH3 is 1. The van der Waals surface area contributed by atoms with Gasteiger partial charge >= 0.3 is 7.82 Å². The summed E-state index contributed by atoms with van der Waals surface area (Å²) >= 11 is 5.51. The van der Waals surface area contributed by atoms with Crippen LogP contribution in [-0.2, 0) is 23.1 Å². The van der Waals surface area contributed by atoms with Gasteiger partial charge in [-0.2, -0.15) is 0 Å². The topological polar surface area (TPSA) is 86.3 Å². The minimum absolute atomic E-state index is 0.0452. The Balaban J connectivity index is 2.05. The summed E-state index contributed by atoms with van der Waals surface area (Å²) in [6.07, 6.45) is 26.0. The molecular formula is C30H59BNO6PS. The lowest BCUT2D eigenvalue weighted by Gasteiger charge is -2.24.